The van der Waals surface area contributed by atoms with Crippen LogP contribution in [0.25, 0.3) is 0 Å². The molecule has 0 spiro atoms. The summed E-state index contributed by atoms with van der Waals surface area (Å²) in [6.07, 6.45) is 24.5. The van der Waals surface area contributed by atoms with Crippen molar-refractivity contribution >= 4 is 11.8 Å². The predicted molar refractivity (Wildman–Crippen MR) is 128 cm³/mol. The number of carboxylic acid groups (broad SMARTS) is 1. The molecule has 0 amide bonds. The van der Waals surface area contributed by atoms with Crippen molar-refractivity contribution in [2.24, 2.45) is 0 Å². The maximum Gasteiger partial charge on any atom is 0.359 e. The number of aliphatic carboxylic acids is 1. The van der Waals surface area contributed by atoms with Gasteiger partial charge in [-0.05, 0) is 44.9 Å². The van der Waals surface area contributed by atoms with E-state index in [1.54, 1.807) is 0 Å². The first kappa shape index (κ1) is 28.8. The van der Waals surface area contributed by atoms with Gasteiger partial charge in [-0.15, -0.1) is 0 Å². The van der Waals surface area contributed by atoms with Gasteiger partial charge in [-0.2, -0.15) is 0 Å². The number of quaternary nitrogens is 1. The zero-order chi connectivity index (χ0) is 22.5. The number of ketones is 1. The lowest BCUT2D eigenvalue weighted by Crippen LogP contribution is -2.44. The van der Waals surface area contributed by atoms with Crippen molar-refractivity contribution in [2.45, 2.75) is 116 Å². The molecule has 0 aromatic rings. The Morgan fingerprint density at radius 1 is 0.700 bits per heavy atom. The Balaban J connectivity index is 3.38. The lowest BCUT2D eigenvalue weighted by Gasteiger charge is -2.27. The number of hydrogen-bond acceptors (Lipinski definition) is 2. The molecule has 0 saturated carbocycles. The van der Waals surface area contributed by atoms with Crippen LogP contribution in [0.5, 0.6) is 0 Å². The molecule has 0 aliphatic rings. The fourth-order valence-electron chi connectivity index (χ4n) is 3.83. The molecule has 1 N–H and O–H groups in total. The Labute approximate surface area is 186 Å². The standard InChI is InChI=1S/C26H49NO3/c1-4-5-6-7-8-9-10-11-12-13-14-15-16-17-18-21-25(28)22-19-20-23-27(2,3)24-26(29)30/h10-11H,4-9,12-24H2,1-3H3/p+1/b11-10+. The van der Waals surface area contributed by atoms with E-state index in [2.05, 4.69) is 19.1 Å². The molecule has 0 bridgehead atoms. The lowest BCUT2D eigenvalue weighted by atomic mass is 10.0. The summed E-state index contributed by atoms with van der Waals surface area (Å²) in [6, 6.07) is 0. The maximum absolute atomic E-state index is 12.0. The summed E-state index contributed by atoms with van der Waals surface area (Å²) >= 11 is 0. The highest BCUT2D eigenvalue weighted by molar-refractivity contribution is 5.78. The molecular weight excluding hydrogens is 374 g/mol. The average molecular weight is 425 g/mol. The number of carbonyl (C=O) groups is 2. The van der Waals surface area contributed by atoms with Gasteiger partial charge < -0.3 is 9.59 Å². The van der Waals surface area contributed by atoms with E-state index in [9.17, 15) is 9.59 Å². The van der Waals surface area contributed by atoms with Crippen LogP contribution in [0, 0.1) is 0 Å². The van der Waals surface area contributed by atoms with Crippen molar-refractivity contribution in [2.75, 3.05) is 27.2 Å². The highest BCUT2D eigenvalue weighted by atomic mass is 16.4. The fraction of sp³-hybridized carbons (Fsp3) is 0.846. The van der Waals surface area contributed by atoms with Crippen LogP contribution in [0.15, 0.2) is 12.2 Å². The van der Waals surface area contributed by atoms with Gasteiger partial charge in [-0.1, -0.05) is 70.4 Å². The number of rotatable bonds is 22. The second-order valence-electron chi connectivity index (χ2n) is 9.54. The summed E-state index contributed by atoms with van der Waals surface area (Å²) < 4.78 is 0.484. The van der Waals surface area contributed by atoms with Crippen LogP contribution in [-0.4, -0.2) is 48.5 Å². The number of carboxylic acids is 1. The Morgan fingerprint density at radius 3 is 1.70 bits per heavy atom. The molecule has 4 nitrogen and oxygen atoms in total. The highest BCUT2D eigenvalue weighted by Gasteiger charge is 2.18. The van der Waals surface area contributed by atoms with Gasteiger partial charge in [0.05, 0.1) is 20.6 Å². The molecule has 0 fully saturated rings. The summed E-state index contributed by atoms with van der Waals surface area (Å²) in [5.41, 5.74) is 0. The zero-order valence-electron chi connectivity index (χ0n) is 20.3. The first-order chi connectivity index (χ1) is 14.4. The van der Waals surface area contributed by atoms with Gasteiger partial charge in [-0.25, -0.2) is 4.79 Å². The molecular formula is C26H50NO3+. The second-order valence-corrected chi connectivity index (χ2v) is 9.54. The van der Waals surface area contributed by atoms with Crippen molar-refractivity contribution < 1.29 is 19.2 Å². The quantitative estimate of drug-likeness (QED) is 0.116. The summed E-state index contributed by atoms with van der Waals surface area (Å²) in [5, 5.41) is 8.88. The van der Waals surface area contributed by atoms with Crippen LogP contribution in [0.1, 0.15) is 116 Å². The molecule has 0 saturated heterocycles. The smallest absolute Gasteiger partial charge is 0.359 e. The van der Waals surface area contributed by atoms with Crippen LogP contribution in [0.3, 0.4) is 0 Å². The van der Waals surface area contributed by atoms with Gasteiger partial charge >= 0.3 is 5.97 Å². The molecule has 0 unspecified atom stereocenters. The predicted octanol–water partition coefficient (Wildman–Crippen LogP) is 6.92. The number of nitrogens with zero attached hydrogens (tertiary/aromatic N) is 1. The monoisotopic (exact) mass is 424 g/mol. The van der Waals surface area contributed by atoms with E-state index in [1.807, 2.05) is 14.1 Å². The number of Topliss-reactive ketones (excluding diaryl/α,β-unsaturated/α-hetero) is 1. The van der Waals surface area contributed by atoms with E-state index in [0.717, 1.165) is 25.8 Å². The number of likely N-dealkylation sites (N-methyl/N-ethyl adjacent to an activating group) is 1. The lowest BCUT2D eigenvalue weighted by molar-refractivity contribution is -0.883. The Hall–Kier alpha value is -1.16. The van der Waals surface area contributed by atoms with Gasteiger partial charge in [0.1, 0.15) is 5.78 Å². The maximum atomic E-state index is 12.0. The molecule has 0 atom stereocenters. The van der Waals surface area contributed by atoms with Gasteiger partial charge in [0.15, 0.2) is 6.54 Å². The normalized spacial score (nSPS) is 12.0. The topological polar surface area (TPSA) is 54.4 Å². The third-order valence-electron chi connectivity index (χ3n) is 5.75. The molecule has 0 aliphatic heterocycles. The Kier molecular flexibility index (Phi) is 19.0. The summed E-state index contributed by atoms with van der Waals surface area (Å²) in [5.74, 6) is -0.390. The van der Waals surface area contributed by atoms with E-state index < -0.39 is 5.97 Å². The van der Waals surface area contributed by atoms with Crippen LogP contribution < -0.4 is 0 Å². The van der Waals surface area contributed by atoms with Gasteiger partial charge in [-0.3, -0.25) is 4.79 Å². The van der Waals surface area contributed by atoms with Gasteiger partial charge in [0.25, 0.3) is 0 Å². The molecule has 0 aromatic carbocycles. The molecule has 0 heterocycles. The number of allylic oxidation sites excluding steroid dienone is 2. The van der Waals surface area contributed by atoms with Crippen LogP contribution in [-0.2, 0) is 9.59 Å². The minimum atomic E-state index is -0.763. The molecule has 0 radical (unpaired) electrons. The first-order valence-electron chi connectivity index (χ1n) is 12.6. The second kappa shape index (κ2) is 19.8. The molecule has 0 rings (SSSR count). The summed E-state index contributed by atoms with van der Waals surface area (Å²) in [4.78, 5) is 22.8. The summed E-state index contributed by atoms with van der Waals surface area (Å²) in [6.45, 7) is 3.22. The average Bonchev–Trinajstić information content (AvgIpc) is 2.67. The van der Waals surface area contributed by atoms with Gasteiger partial charge in [0, 0.05) is 12.8 Å². The van der Waals surface area contributed by atoms with E-state index in [4.69, 9.17) is 5.11 Å². The van der Waals surface area contributed by atoms with E-state index in [-0.39, 0.29) is 6.54 Å². The van der Waals surface area contributed by atoms with Crippen molar-refractivity contribution in [1.82, 2.24) is 0 Å². The largest absolute Gasteiger partial charge is 0.477 e. The third kappa shape index (κ3) is 21.5. The Bertz CT molecular complexity index is 457. The Morgan fingerprint density at radius 2 is 1.17 bits per heavy atom. The van der Waals surface area contributed by atoms with Crippen molar-refractivity contribution in [3.63, 3.8) is 0 Å². The molecule has 0 aromatic heterocycles. The minimum absolute atomic E-state index is 0.142. The molecule has 30 heavy (non-hydrogen) atoms. The van der Waals surface area contributed by atoms with Crippen LogP contribution >= 0.6 is 0 Å². The van der Waals surface area contributed by atoms with E-state index >= 15 is 0 Å². The molecule has 0 aliphatic carbocycles. The zero-order valence-corrected chi connectivity index (χ0v) is 20.3. The number of unbranched alkanes of at least 4 members (excludes halogenated alkanes) is 12. The van der Waals surface area contributed by atoms with Crippen molar-refractivity contribution in [3.8, 4) is 0 Å². The van der Waals surface area contributed by atoms with Crippen molar-refractivity contribution in [1.29, 1.82) is 0 Å². The third-order valence-corrected chi connectivity index (χ3v) is 5.75. The van der Waals surface area contributed by atoms with Crippen LogP contribution in [0.4, 0.5) is 0 Å². The molecule has 4 heteroatoms. The number of carbonyl (C=O) groups excluding carboxylic acids is 1. The number of hydrogen-bond donors (Lipinski definition) is 1. The van der Waals surface area contributed by atoms with Gasteiger partial charge in [0.2, 0.25) is 0 Å². The highest BCUT2D eigenvalue weighted by Crippen LogP contribution is 2.12. The van der Waals surface area contributed by atoms with E-state index in [1.165, 1.54) is 77.0 Å². The molecule has 176 valence electrons. The van der Waals surface area contributed by atoms with E-state index in [0.29, 0.717) is 23.1 Å². The summed E-state index contributed by atoms with van der Waals surface area (Å²) in [7, 11) is 3.86. The van der Waals surface area contributed by atoms with Crippen LogP contribution in [0.2, 0.25) is 0 Å². The van der Waals surface area contributed by atoms with Crippen molar-refractivity contribution in [3.05, 3.63) is 12.2 Å². The SMILES string of the molecule is CCCCCCC/C=C/CCCCCCCCC(=O)CCCC[N+](C)(C)CC(=O)O. The first-order valence-corrected chi connectivity index (χ1v) is 12.6. The fourth-order valence-corrected chi connectivity index (χ4v) is 3.83. The minimum Gasteiger partial charge on any atom is -0.477 e.